The van der Waals surface area contributed by atoms with Crippen LogP contribution < -0.4 is 16.4 Å². The predicted molar refractivity (Wildman–Crippen MR) is 119 cm³/mol. The molecule has 152 valence electrons. The van der Waals surface area contributed by atoms with Crippen LogP contribution in [0.2, 0.25) is 0 Å². The van der Waals surface area contributed by atoms with E-state index in [0.29, 0.717) is 24.5 Å². The number of amides is 1. The molecule has 2 rings (SSSR count). The van der Waals surface area contributed by atoms with Gasteiger partial charge >= 0.3 is 0 Å². The van der Waals surface area contributed by atoms with E-state index in [1.54, 1.807) is 0 Å². The van der Waals surface area contributed by atoms with Gasteiger partial charge in [-0.2, -0.15) is 0 Å². The number of piperidine rings is 1. The highest BCUT2D eigenvalue weighted by Gasteiger charge is 2.22. The lowest BCUT2D eigenvalue weighted by Gasteiger charge is -2.32. The van der Waals surface area contributed by atoms with Crippen molar-refractivity contribution in [1.29, 1.82) is 0 Å². The molecule has 6 nitrogen and oxygen atoms in total. The molecule has 1 aliphatic heterocycles. The first-order chi connectivity index (χ1) is 11.8. The van der Waals surface area contributed by atoms with Gasteiger partial charge in [0.1, 0.15) is 0 Å². The summed E-state index contributed by atoms with van der Waals surface area (Å²) in [6, 6.07) is 0.515. The minimum Gasteiger partial charge on any atom is -0.370 e. The number of nitrogens with zero attached hydrogens (tertiary/aromatic N) is 2. The first-order valence-electron chi connectivity index (χ1n) is 9.91. The number of likely N-dealkylation sites (tertiary alicyclic amines) is 1. The summed E-state index contributed by atoms with van der Waals surface area (Å²) >= 11 is 0. The summed E-state index contributed by atoms with van der Waals surface area (Å²) in [7, 11) is 0. The van der Waals surface area contributed by atoms with E-state index in [2.05, 4.69) is 20.5 Å². The van der Waals surface area contributed by atoms with Crippen LogP contribution in [0.25, 0.3) is 0 Å². The quantitative estimate of drug-likeness (QED) is 0.322. The van der Waals surface area contributed by atoms with E-state index in [9.17, 15) is 4.79 Å². The number of nitrogens with two attached hydrogens (primary N) is 1. The van der Waals surface area contributed by atoms with Gasteiger partial charge in [0.05, 0.1) is 6.54 Å². The topological polar surface area (TPSA) is 82.8 Å². The van der Waals surface area contributed by atoms with E-state index >= 15 is 0 Å². The third-order valence-electron chi connectivity index (χ3n) is 5.07. The van der Waals surface area contributed by atoms with Gasteiger partial charge in [-0.25, -0.2) is 0 Å². The van der Waals surface area contributed by atoms with E-state index in [1.807, 2.05) is 20.8 Å². The maximum absolute atomic E-state index is 12.0. The third kappa shape index (κ3) is 9.39. The lowest BCUT2D eigenvalue weighted by molar-refractivity contribution is -0.124. The van der Waals surface area contributed by atoms with Crippen LogP contribution in [0.5, 0.6) is 0 Å². The smallest absolute Gasteiger partial charge is 0.234 e. The van der Waals surface area contributed by atoms with Gasteiger partial charge in [-0.1, -0.05) is 19.3 Å². The molecule has 0 radical (unpaired) electrons. The molecule has 2 fully saturated rings. The van der Waals surface area contributed by atoms with Crippen molar-refractivity contribution in [2.75, 3.05) is 26.2 Å². The summed E-state index contributed by atoms with van der Waals surface area (Å²) in [5.41, 5.74) is 5.89. The molecular formula is C19H38IN5O. The van der Waals surface area contributed by atoms with Crippen molar-refractivity contribution in [3.63, 3.8) is 0 Å². The molecular weight excluding hydrogens is 441 g/mol. The summed E-state index contributed by atoms with van der Waals surface area (Å²) in [6.07, 6.45) is 8.54. The molecule has 1 heterocycles. The van der Waals surface area contributed by atoms with E-state index in [4.69, 9.17) is 5.73 Å². The van der Waals surface area contributed by atoms with Gasteiger partial charge in [0.25, 0.3) is 0 Å². The van der Waals surface area contributed by atoms with Crippen molar-refractivity contribution in [2.45, 2.75) is 77.3 Å². The SMILES string of the molecule is CC(C)(C)NC(=O)CN1CCC(CN=C(N)NC2CCCCC2)CC1.I. The predicted octanol–water partition coefficient (Wildman–Crippen LogP) is 2.47. The summed E-state index contributed by atoms with van der Waals surface area (Å²) < 4.78 is 0. The molecule has 0 bridgehead atoms. The monoisotopic (exact) mass is 479 g/mol. The molecule has 0 aromatic carbocycles. The van der Waals surface area contributed by atoms with Crippen molar-refractivity contribution in [1.82, 2.24) is 15.5 Å². The second kappa shape index (κ2) is 11.3. The third-order valence-corrected chi connectivity index (χ3v) is 5.07. The van der Waals surface area contributed by atoms with Gasteiger partial charge in [-0.15, -0.1) is 24.0 Å². The Morgan fingerprint density at radius 2 is 1.73 bits per heavy atom. The normalized spacial score (nSPS) is 21.1. The fraction of sp³-hybridized carbons (Fsp3) is 0.895. The largest absolute Gasteiger partial charge is 0.370 e. The van der Waals surface area contributed by atoms with E-state index < -0.39 is 0 Å². The molecule has 1 saturated heterocycles. The van der Waals surface area contributed by atoms with E-state index in [1.165, 1.54) is 32.1 Å². The molecule has 1 aliphatic carbocycles. The Balaban J connectivity index is 0.00000338. The Bertz CT molecular complexity index is 449. The highest BCUT2D eigenvalue weighted by atomic mass is 127. The highest BCUT2D eigenvalue weighted by Crippen LogP contribution is 2.18. The number of nitrogens with one attached hydrogen (secondary N) is 2. The number of halogens is 1. The Morgan fingerprint density at radius 3 is 2.31 bits per heavy atom. The molecule has 0 spiro atoms. The molecule has 1 saturated carbocycles. The fourth-order valence-corrected chi connectivity index (χ4v) is 3.72. The zero-order valence-electron chi connectivity index (χ0n) is 16.7. The van der Waals surface area contributed by atoms with Crippen LogP contribution in [0.1, 0.15) is 65.7 Å². The minimum atomic E-state index is -0.160. The second-order valence-electron chi connectivity index (χ2n) is 8.72. The Labute approximate surface area is 176 Å². The van der Waals surface area contributed by atoms with Crippen molar-refractivity contribution in [3.8, 4) is 0 Å². The maximum atomic E-state index is 12.0. The van der Waals surface area contributed by atoms with Crippen LogP contribution in [0, 0.1) is 5.92 Å². The maximum Gasteiger partial charge on any atom is 0.234 e. The zero-order chi connectivity index (χ0) is 18.3. The van der Waals surface area contributed by atoms with Gasteiger partial charge in [0.15, 0.2) is 5.96 Å². The van der Waals surface area contributed by atoms with E-state index in [-0.39, 0.29) is 35.4 Å². The number of guanidine groups is 1. The second-order valence-corrected chi connectivity index (χ2v) is 8.72. The van der Waals surface area contributed by atoms with Crippen molar-refractivity contribution in [2.24, 2.45) is 16.6 Å². The van der Waals surface area contributed by atoms with Gasteiger partial charge in [-0.3, -0.25) is 14.7 Å². The highest BCUT2D eigenvalue weighted by molar-refractivity contribution is 14.0. The van der Waals surface area contributed by atoms with Crippen LogP contribution in [0.4, 0.5) is 0 Å². The standard InChI is InChI=1S/C19H37N5O.HI/c1-19(2,3)23-17(25)14-24-11-9-15(10-12-24)13-21-18(20)22-16-7-5-4-6-8-16;/h15-16H,4-14H2,1-3H3,(H,23,25)(H3,20,21,22);1H. The van der Waals surface area contributed by atoms with Crippen molar-refractivity contribution in [3.05, 3.63) is 0 Å². The fourth-order valence-electron chi connectivity index (χ4n) is 3.72. The molecule has 0 atom stereocenters. The zero-order valence-corrected chi connectivity index (χ0v) is 19.1. The molecule has 0 aromatic rings. The lowest BCUT2D eigenvalue weighted by Crippen LogP contribution is -2.47. The number of carbonyl (C=O) groups excluding carboxylic acids is 1. The number of carbonyl (C=O) groups is 1. The summed E-state index contributed by atoms with van der Waals surface area (Å²) in [6.45, 7) is 9.27. The average Bonchev–Trinajstić information content (AvgIpc) is 2.53. The first kappa shape index (κ1) is 23.5. The summed E-state index contributed by atoms with van der Waals surface area (Å²) in [5, 5.41) is 6.41. The summed E-state index contributed by atoms with van der Waals surface area (Å²) in [4.78, 5) is 18.8. The van der Waals surface area contributed by atoms with Crippen LogP contribution in [-0.4, -0.2) is 54.5 Å². The van der Waals surface area contributed by atoms with E-state index in [0.717, 1.165) is 32.5 Å². The molecule has 7 heteroatoms. The Kier molecular flexibility index (Phi) is 10.2. The molecule has 1 amide bonds. The van der Waals surface area contributed by atoms with Gasteiger partial charge in [0.2, 0.25) is 5.91 Å². The van der Waals surface area contributed by atoms with Crippen LogP contribution in [-0.2, 0) is 4.79 Å². The van der Waals surface area contributed by atoms with Gasteiger partial charge in [0, 0.05) is 18.1 Å². The van der Waals surface area contributed by atoms with Crippen LogP contribution in [0.3, 0.4) is 0 Å². The minimum absolute atomic E-state index is 0. The number of rotatable bonds is 5. The van der Waals surface area contributed by atoms with Crippen LogP contribution in [0.15, 0.2) is 4.99 Å². The van der Waals surface area contributed by atoms with Gasteiger partial charge in [-0.05, 0) is 65.5 Å². The molecule has 0 aromatic heterocycles. The molecule has 26 heavy (non-hydrogen) atoms. The Hall–Kier alpha value is -0.570. The van der Waals surface area contributed by atoms with Gasteiger partial charge < -0.3 is 16.4 Å². The lowest BCUT2D eigenvalue weighted by atomic mass is 9.95. The molecule has 0 unspecified atom stereocenters. The van der Waals surface area contributed by atoms with Crippen molar-refractivity contribution < 1.29 is 4.79 Å². The van der Waals surface area contributed by atoms with Crippen molar-refractivity contribution >= 4 is 35.8 Å². The van der Waals surface area contributed by atoms with Crippen LogP contribution >= 0.6 is 24.0 Å². The number of hydrogen-bond donors (Lipinski definition) is 3. The number of hydrogen-bond acceptors (Lipinski definition) is 3. The molecule has 2 aliphatic rings. The molecule has 4 N–H and O–H groups in total. The number of aliphatic imine (C=N–C) groups is 1. The first-order valence-corrected chi connectivity index (χ1v) is 9.91. The summed E-state index contributed by atoms with van der Waals surface area (Å²) in [5.74, 6) is 1.30. The Morgan fingerprint density at radius 1 is 1.12 bits per heavy atom. The average molecular weight is 479 g/mol.